The van der Waals surface area contributed by atoms with Crippen molar-refractivity contribution in [3.05, 3.63) is 47.8 Å². The third-order valence-electron chi connectivity index (χ3n) is 6.15. The van der Waals surface area contributed by atoms with E-state index in [1.807, 2.05) is 10.7 Å². The van der Waals surface area contributed by atoms with Crippen LogP contribution < -0.4 is 9.62 Å². The van der Waals surface area contributed by atoms with Crippen molar-refractivity contribution >= 4 is 15.7 Å². The summed E-state index contributed by atoms with van der Waals surface area (Å²) in [5.74, 6) is 0. The Morgan fingerprint density at radius 1 is 1.17 bits per heavy atom. The normalized spacial score (nSPS) is 22.8. The first-order valence-electron chi connectivity index (χ1n) is 10.9. The minimum Gasteiger partial charge on any atom is -0.376 e. The van der Waals surface area contributed by atoms with Crippen LogP contribution in [0, 0.1) is 0 Å². The van der Waals surface area contributed by atoms with Crippen molar-refractivity contribution in [2.75, 3.05) is 30.9 Å². The molecule has 1 N–H and O–H groups in total. The Morgan fingerprint density at radius 3 is 2.57 bits per heavy atom. The van der Waals surface area contributed by atoms with Gasteiger partial charge < -0.3 is 9.64 Å². The van der Waals surface area contributed by atoms with Gasteiger partial charge in [0, 0.05) is 30.5 Å². The maximum Gasteiger partial charge on any atom is 0.209 e. The van der Waals surface area contributed by atoms with Crippen molar-refractivity contribution in [2.45, 2.75) is 57.2 Å². The zero-order valence-corrected chi connectivity index (χ0v) is 18.6. The molecule has 0 bridgehead atoms. The Labute approximate surface area is 179 Å². The van der Waals surface area contributed by atoms with Crippen LogP contribution in [0.3, 0.4) is 0 Å². The van der Waals surface area contributed by atoms with Gasteiger partial charge in [0.1, 0.15) is 0 Å². The summed E-state index contributed by atoms with van der Waals surface area (Å²) in [5.41, 5.74) is 3.48. The lowest BCUT2D eigenvalue weighted by Gasteiger charge is -2.36. The Hall–Kier alpha value is -1.90. The summed E-state index contributed by atoms with van der Waals surface area (Å²) < 4.78 is 35.0. The van der Waals surface area contributed by atoms with Crippen LogP contribution in [0.2, 0.25) is 0 Å². The number of hydrogen-bond acceptors (Lipinski definition) is 5. The van der Waals surface area contributed by atoms with E-state index < -0.39 is 10.0 Å². The molecule has 0 amide bonds. The topological polar surface area (TPSA) is 76.5 Å². The maximum atomic E-state index is 11.9. The molecule has 8 heteroatoms. The monoisotopic (exact) mass is 432 g/mol. The van der Waals surface area contributed by atoms with E-state index in [1.165, 1.54) is 17.6 Å². The summed E-state index contributed by atoms with van der Waals surface area (Å²) in [7, 11) is -3.29. The number of aryl methyl sites for hydroxylation is 2. The molecule has 2 aliphatic heterocycles. The number of nitrogens with one attached hydrogen (secondary N) is 1. The minimum absolute atomic E-state index is 0.115. The molecule has 1 aromatic heterocycles. The van der Waals surface area contributed by atoms with Gasteiger partial charge in [0.05, 0.1) is 30.7 Å². The third-order valence-corrected chi connectivity index (χ3v) is 6.88. The van der Waals surface area contributed by atoms with Gasteiger partial charge in [0.2, 0.25) is 10.0 Å². The molecule has 7 nitrogen and oxygen atoms in total. The number of sulfonamides is 1. The number of nitrogens with zero attached hydrogens (tertiary/aromatic N) is 3. The van der Waals surface area contributed by atoms with Gasteiger partial charge in [-0.2, -0.15) is 5.10 Å². The molecule has 164 valence electrons. The summed E-state index contributed by atoms with van der Waals surface area (Å²) >= 11 is 0. The number of fused-ring (bicyclic) bond motifs is 1. The molecule has 2 aromatic rings. The largest absolute Gasteiger partial charge is 0.376 e. The lowest BCUT2D eigenvalue weighted by Crippen LogP contribution is -2.47. The van der Waals surface area contributed by atoms with Crippen LogP contribution >= 0.6 is 0 Å². The zero-order valence-electron chi connectivity index (χ0n) is 17.8. The molecule has 1 fully saturated rings. The first kappa shape index (κ1) is 21.3. The van der Waals surface area contributed by atoms with Gasteiger partial charge in [0.15, 0.2) is 0 Å². The number of rotatable bonds is 7. The Kier molecular flexibility index (Phi) is 6.46. The highest BCUT2D eigenvalue weighted by Gasteiger charge is 2.33. The molecule has 0 aliphatic carbocycles. The molecule has 3 heterocycles. The van der Waals surface area contributed by atoms with Gasteiger partial charge in [-0.05, 0) is 50.3 Å². The van der Waals surface area contributed by atoms with E-state index in [9.17, 15) is 8.42 Å². The van der Waals surface area contributed by atoms with Crippen LogP contribution in [-0.4, -0.2) is 56.3 Å². The zero-order chi connectivity index (χ0) is 21.1. The van der Waals surface area contributed by atoms with Crippen molar-refractivity contribution in [2.24, 2.45) is 0 Å². The van der Waals surface area contributed by atoms with Crippen LogP contribution in [0.15, 0.2) is 36.4 Å². The Bertz CT molecular complexity index is 937. The highest BCUT2D eigenvalue weighted by Crippen LogP contribution is 2.28. The Balaban J connectivity index is 1.40. The predicted molar refractivity (Wildman–Crippen MR) is 118 cm³/mol. The molecule has 30 heavy (non-hydrogen) atoms. The van der Waals surface area contributed by atoms with Gasteiger partial charge in [-0.3, -0.25) is 4.68 Å². The number of benzene rings is 1. The molecule has 0 unspecified atom stereocenters. The fourth-order valence-electron chi connectivity index (χ4n) is 4.56. The van der Waals surface area contributed by atoms with Gasteiger partial charge in [-0.25, -0.2) is 13.1 Å². The number of hydrogen-bond donors (Lipinski definition) is 1. The standard InChI is InChI=1S/C22H32N4O3S/c1-3-17-15-19-9-10-21(24-30(2,27)28)22(26(19)23-17)16-29-20-11-13-25(14-12-20)18-7-5-4-6-8-18/h4-8,15,20-22,24H,3,9-14,16H2,1-2H3/t21-,22-/m0/s1. The third kappa shape index (κ3) is 5.04. The number of aromatic nitrogens is 2. The summed E-state index contributed by atoms with van der Waals surface area (Å²) in [4.78, 5) is 2.40. The van der Waals surface area contributed by atoms with Crippen molar-refractivity contribution < 1.29 is 13.2 Å². The summed E-state index contributed by atoms with van der Waals surface area (Å²) in [6.07, 6.45) is 5.82. The van der Waals surface area contributed by atoms with Crippen LogP contribution in [0.5, 0.6) is 0 Å². The van der Waals surface area contributed by atoms with Gasteiger partial charge >= 0.3 is 0 Å². The van der Waals surface area contributed by atoms with E-state index >= 15 is 0 Å². The SMILES string of the molecule is CCc1cc2n(n1)[C@@H](COC1CCN(c3ccccc3)CC1)[C@@H](NS(C)(=O)=O)CC2. The number of piperidine rings is 1. The average molecular weight is 433 g/mol. The van der Waals surface area contributed by atoms with Crippen LogP contribution in [0.4, 0.5) is 5.69 Å². The first-order chi connectivity index (χ1) is 14.4. The van der Waals surface area contributed by atoms with E-state index in [0.717, 1.165) is 50.9 Å². The molecule has 4 rings (SSSR count). The predicted octanol–water partition coefficient (Wildman–Crippen LogP) is 2.54. The number of ether oxygens (including phenoxy) is 1. The summed E-state index contributed by atoms with van der Waals surface area (Å²) in [6, 6.07) is 12.3. The molecule has 0 radical (unpaired) electrons. The van der Waals surface area contributed by atoms with Crippen molar-refractivity contribution in [1.29, 1.82) is 0 Å². The van der Waals surface area contributed by atoms with Crippen LogP contribution in [0.25, 0.3) is 0 Å². The minimum atomic E-state index is -3.29. The lowest BCUT2D eigenvalue weighted by atomic mass is 9.98. The average Bonchev–Trinajstić information content (AvgIpc) is 3.16. The van der Waals surface area contributed by atoms with Gasteiger partial charge in [-0.1, -0.05) is 25.1 Å². The van der Waals surface area contributed by atoms with E-state index in [0.29, 0.717) is 6.61 Å². The number of anilines is 1. The second-order valence-corrected chi connectivity index (χ2v) is 10.2. The lowest BCUT2D eigenvalue weighted by molar-refractivity contribution is 0.00612. The molecule has 0 spiro atoms. The van der Waals surface area contributed by atoms with Crippen LogP contribution in [0.1, 0.15) is 43.6 Å². The van der Waals surface area contributed by atoms with E-state index in [-0.39, 0.29) is 18.2 Å². The summed E-state index contributed by atoms with van der Waals surface area (Å²) in [5, 5.41) is 4.74. The van der Waals surface area contributed by atoms with Crippen molar-refractivity contribution in [3.8, 4) is 0 Å². The molecular weight excluding hydrogens is 400 g/mol. The molecule has 1 saturated heterocycles. The van der Waals surface area contributed by atoms with Crippen molar-refractivity contribution in [1.82, 2.24) is 14.5 Å². The molecule has 2 aliphatic rings. The molecular formula is C22H32N4O3S. The highest BCUT2D eigenvalue weighted by molar-refractivity contribution is 7.88. The first-order valence-corrected chi connectivity index (χ1v) is 12.8. The highest BCUT2D eigenvalue weighted by atomic mass is 32.2. The maximum absolute atomic E-state index is 11.9. The van der Waals surface area contributed by atoms with Crippen molar-refractivity contribution in [3.63, 3.8) is 0 Å². The molecule has 1 aromatic carbocycles. The van der Waals surface area contributed by atoms with E-state index in [2.05, 4.69) is 46.9 Å². The fourth-order valence-corrected chi connectivity index (χ4v) is 5.38. The van der Waals surface area contributed by atoms with Crippen LogP contribution in [-0.2, 0) is 27.6 Å². The number of para-hydroxylation sites is 1. The fraction of sp³-hybridized carbons (Fsp3) is 0.591. The molecule has 0 saturated carbocycles. The summed E-state index contributed by atoms with van der Waals surface area (Å²) in [6.45, 7) is 4.50. The quantitative estimate of drug-likeness (QED) is 0.728. The van der Waals surface area contributed by atoms with Gasteiger partial charge in [0.25, 0.3) is 0 Å². The van der Waals surface area contributed by atoms with Gasteiger partial charge in [-0.15, -0.1) is 0 Å². The second kappa shape index (κ2) is 9.08. The van der Waals surface area contributed by atoms with E-state index in [4.69, 9.17) is 9.84 Å². The molecule has 2 atom stereocenters. The Morgan fingerprint density at radius 2 is 1.90 bits per heavy atom. The second-order valence-electron chi connectivity index (χ2n) is 8.38. The smallest absolute Gasteiger partial charge is 0.209 e. The van der Waals surface area contributed by atoms with E-state index in [1.54, 1.807) is 0 Å².